The summed E-state index contributed by atoms with van der Waals surface area (Å²) in [5, 5.41) is 0.430. The molecule has 0 amide bonds. The van der Waals surface area contributed by atoms with E-state index in [4.69, 9.17) is 33.4 Å². The van der Waals surface area contributed by atoms with Crippen molar-refractivity contribution in [3.63, 3.8) is 0 Å². The highest BCUT2D eigenvalue weighted by Gasteiger charge is 2.22. The molecular weight excluding hydrogens is 362 g/mol. The van der Waals surface area contributed by atoms with Gasteiger partial charge in [0.15, 0.2) is 0 Å². The Morgan fingerprint density at radius 3 is 2.85 bits per heavy atom. The molecular formula is C19H24N5O2S+. The molecule has 0 aromatic carbocycles. The first kappa shape index (κ1) is 19.2. The summed E-state index contributed by atoms with van der Waals surface area (Å²) >= 11 is 5.13. The van der Waals surface area contributed by atoms with Gasteiger partial charge in [-0.15, -0.1) is 0 Å². The van der Waals surface area contributed by atoms with Gasteiger partial charge in [-0.05, 0) is 32.9 Å². The van der Waals surface area contributed by atoms with Gasteiger partial charge in [-0.25, -0.2) is 4.57 Å². The lowest BCUT2D eigenvalue weighted by molar-refractivity contribution is -0.659. The summed E-state index contributed by atoms with van der Waals surface area (Å²) in [7, 11) is 0. The first-order valence-corrected chi connectivity index (χ1v) is 9.27. The quantitative estimate of drug-likeness (QED) is 0.288. The van der Waals surface area contributed by atoms with E-state index >= 15 is 0 Å². The van der Waals surface area contributed by atoms with Gasteiger partial charge >= 0.3 is 0 Å². The second-order valence-electron chi connectivity index (χ2n) is 6.77. The highest BCUT2D eigenvalue weighted by Crippen LogP contribution is 2.16. The maximum atomic E-state index is 13.1. The first-order valence-electron chi connectivity index (χ1n) is 8.86. The third-order valence-electron chi connectivity index (χ3n) is 4.42. The molecule has 27 heavy (non-hydrogen) atoms. The van der Waals surface area contributed by atoms with Crippen molar-refractivity contribution >= 4 is 39.7 Å². The van der Waals surface area contributed by atoms with Crippen LogP contribution in [0.2, 0.25) is 0 Å². The molecule has 8 heteroatoms. The number of thiocarbonyl (C=S) groups is 1. The topological polar surface area (TPSA) is 99.5 Å². The third kappa shape index (κ3) is 3.63. The minimum atomic E-state index is -0.177. The van der Waals surface area contributed by atoms with Gasteiger partial charge in [-0.2, -0.15) is 0 Å². The summed E-state index contributed by atoms with van der Waals surface area (Å²) in [6.45, 7) is 7.01. The SMILES string of the molecule is Cc1cccn2c(=O)c3cc(C(N)=S)c(N)[n+](CCCOC(C)C)c3nc12. The average Bonchev–Trinajstić information content (AvgIpc) is 2.60. The van der Waals surface area contributed by atoms with E-state index in [-0.39, 0.29) is 16.7 Å². The normalized spacial score (nSPS) is 11.6. The number of anilines is 1. The lowest BCUT2D eigenvalue weighted by Crippen LogP contribution is -2.42. The molecule has 0 radical (unpaired) electrons. The van der Waals surface area contributed by atoms with Crippen LogP contribution in [0, 0.1) is 6.92 Å². The summed E-state index contributed by atoms with van der Waals surface area (Å²) in [5.41, 5.74) is 14.5. The molecule has 3 rings (SSSR count). The van der Waals surface area contributed by atoms with E-state index in [9.17, 15) is 4.79 Å². The van der Waals surface area contributed by atoms with E-state index in [1.54, 1.807) is 16.8 Å². The summed E-state index contributed by atoms with van der Waals surface area (Å²) in [6.07, 6.45) is 2.58. The number of nitrogens with two attached hydrogens (primary N) is 2. The van der Waals surface area contributed by atoms with Gasteiger partial charge in [0.1, 0.15) is 10.4 Å². The number of hydrogen-bond acceptors (Lipinski definition) is 5. The van der Waals surface area contributed by atoms with Crippen molar-refractivity contribution in [1.29, 1.82) is 0 Å². The van der Waals surface area contributed by atoms with Crippen LogP contribution in [0.5, 0.6) is 0 Å². The molecule has 0 atom stereocenters. The van der Waals surface area contributed by atoms with Crippen molar-refractivity contribution in [3.05, 3.63) is 45.9 Å². The Morgan fingerprint density at radius 1 is 1.44 bits per heavy atom. The number of aryl methyl sites for hydroxylation is 2. The Labute approximate surface area is 162 Å². The number of fused-ring (bicyclic) bond motifs is 2. The van der Waals surface area contributed by atoms with Gasteiger partial charge in [-0.1, -0.05) is 23.3 Å². The van der Waals surface area contributed by atoms with Gasteiger partial charge in [-0.3, -0.25) is 9.20 Å². The molecule has 142 valence electrons. The zero-order chi connectivity index (χ0) is 19.7. The minimum Gasteiger partial charge on any atom is -0.389 e. The number of nitrogens with zero attached hydrogens (tertiary/aromatic N) is 3. The van der Waals surface area contributed by atoms with Crippen molar-refractivity contribution in [3.8, 4) is 0 Å². The molecule has 0 spiro atoms. The Hall–Kier alpha value is -2.58. The molecule has 0 unspecified atom stereocenters. The number of aromatic nitrogens is 3. The number of hydrogen-bond donors (Lipinski definition) is 2. The Balaban J connectivity index is 2.25. The fraction of sp³-hybridized carbons (Fsp3) is 0.368. The average molecular weight is 387 g/mol. The molecule has 4 N–H and O–H groups in total. The van der Waals surface area contributed by atoms with E-state index in [0.717, 1.165) is 12.0 Å². The van der Waals surface area contributed by atoms with Gasteiger partial charge in [0.2, 0.25) is 11.5 Å². The molecule has 0 aliphatic rings. The molecule has 0 saturated heterocycles. The summed E-state index contributed by atoms with van der Waals surface area (Å²) in [5.74, 6) is 0.407. The monoisotopic (exact) mass is 386 g/mol. The van der Waals surface area contributed by atoms with Crippen molar-refractivity contribution < 1.29 is 9.30 Å². The number of ether oxygens (including phenoxy) is 1. The van der Waals surface area contributed by atoms with Crippen LogP contribution in [-0.4, -0.2) is 27.1 Å². The smallest absolute Gasteiger partial charge is 0.278 e. The van der Waals surface area contributed by atoms with E-state index in [2.05, 4.69) is 0 Å². The standard InChI is InChI=1S/C19H23N5O2S/c1-11(2)26-9-5-8-23-15(20)13(16(21)27)10-14-18(23)22-17-12(3)6-4-7-24(17)19(14)25/h4,6-7,10-11,20H,5,8-9H2,1-3H3,(H2,21,27)/p+1. The minimum absolute atomic E-state index is 0.148. The fourth-order valence-electron chi connectivity index (χ4n) is 3.08. The molecule has 0 fully saturated rings. The second kappa shape index (κ2) is 7.58. The van der Waals surface area contributed by atoms with Crippen LogP contribution in [-0.2, 0) is 11.3 Å². The predicted octanol–water partition coefficient (Wildman–Crippen LogP) is 1.48. The molecule has 3 heterocycles. The van der Waals surface area contributed by atoms with Crippen LogP contribution in [0.4, 0.5) is 5.82 Å². The largest absolute Gasteiger partial charge is 0.389 e. The predicted molar refractivity (Wildman–Crippen MR) is 110 cm³/mol. The van der Waals surface area contributed by atoms with E-state index in [0.29, 0.717) is 41.2 Å². The van der Waals surface area contributed by atoms with Crippen molar-refractivity contribution in [1.82, 2.24) is 9.38 Å². The number of rotatable bonds is 6. The van der Waals surface area contributed by atoms with Crippen LogP contribution in [0.1, 0.15) is 31.4 Å². The molecule has 0 aliphatic heterocycles. The van der Waals surface area contributed by atoms with Crippen LogP contribution in [0.3, 0.4) is 0 Å². The van der Waals surface area contributed by atoms with Crippen molar-refractivity contribution in [2.45, 2.75) is 39.8 Å². The lowest BCUT2D eigenvalue weighted by atomic mass is 10.2. The molecule has 0 bridgehead atoms. The lowest BCUT2D eigenvalue weighted by Gasteiger charge is -2.12. The number of pyridine rings is 2. The van der Waals surface area contributed by atoms with Crippen LogP contribution in [0.25, 0.3) is 16.7 Å². The fourth-order valence-corrected chi connectivity index (χ4v) is 3.24. The van der Waals surface area contributed by atoms with Crippen LogP contribution in [0.15, 0.2) is 29.2 Å². The Morgan fingerprint density at radius 2 is 2.19 bits per heavy atom. The van der Waals surface area contributed by atoms with Crippen molar-refractivity contribution in [2.75, 3.05) is 12.3 Å². The van der Waals surface area contributed by atoms with Gasteiger partial charge in [0.05, 0.1) is 18.2 Å². The molecule has 0 saturated carbocycles. The van der Waals surface area contributed by atoms with Crippen molar-refractivity contribution in [2.24, 2.45) is 5.73 Å². The summed E-state index contributed by atoms with van der Waals surface area (Å²) in [6, 6.07) is 5.37. The highest BCUT2D eigenvalue weighted by atomic mass is 32.1. The first-order chi connectivity index (χ1) is 12.8. The molecule has 7 nitrogen and oxygen atoms in total. The maximum Gasteiger partial charge on any atom is 0.278 e. The zero-order valence-corrected chi connectivity index (χ0v) is 16.5. The zero-order valence-electron chi connectivity index (χ0n) is 15.7. The Kier molecular flexibility index (Phi) is 5.38. The van der Waals surface area contributed by atoms with Gasteiger partial charge in [0.25, 0.3) is 11.2 Å². The van der Waals surface area contributed by atoms with E-state index in [1.165, 1.54) is 4.40 Å². The van der Waals surface area contributed by atoms with Gasteiger partial charge < -0.3 is 16.2 Å². The van der Waals surface area contributed by atoms with E-state index in [1.807, 2.05) is 32.9 Å². The second-order valence-corrected chi connectivity index (χ2v) is 7.21. The summed E-state index contributed by atoms with van der Waals surface area (Å²) < 4.78 is 8.95. The number of nitrogen functional groups attached to an aromatic ring is 1. The maximum absolute atomic E-state index is 13.1. The van der Waals surface area contributed by atoms with Crippen LogP contribution < -0.4 is 21.6 Å². The molecule has 0 aliphatic carbocycles. The van der Waals surface area contributed by atoms with Gasteiger partial charge in [0, 0.05) is 24.8 Å². The molecule has 3 aromatic rings. The third-order valence-corrected chi connectivity index (χ3v) is 4.64. The van der Waals surface area contributed by atoms with Crippen LogP contribution >= 0.6 is 12.2 Å². The summed E-state index contributed by atoms with van der Waals surface area (Å²) in [4.78, 5) is 17.9. The highest BCUT2D eigenvalue weighted by molar-refractivity contribution is 7.80. The van der Waals surface area contributed by atoms with E-state index < -0.39 is 0 Å². The molecule has 3 aromatic heterocycles. The Bertz CT molecular complexity index is 1090.